The molecule has 0 saturated carbocycles. The van der Waals surface area contributed by atoms with Crippen LogP contribution in [0.5, 0.6) is 0 Å². The van der Waals surface area contributed by atoms with Crippen LogP contribution < -0.4 is 0 Å². The second-order valence-electron chi connectivity index (χ2n) is 4.15. The van der Waals surface area contributed by atoms with E-state index in [0.717, 1.165) is 0 Å². The van der Waals surface area contributed by atoms with E-state index in [1.807, 2.05) is 0 Å². The van der Waals surface area contributed by atoms with E-state index in [-0.39, 0.29) is 24.6 Å². The van der Waals surface area contributed by atoms with E-state index < -0.39 is 23.5 Å². The first-order chi connectivity index (χ1) is 8.27. The molecule has 0 fully saturated rings. The summed E-state index contributed by atoms with van der Waals surface area (Å²) < 4.78 is 46.8. The molecule has 0 aliphatic carbocycles. The highest BCUT2D eigenvalue weighted by Gasteiger charge is 2.43. The van der Waals surface area contributed by atoms with Crippen molar-refractivity contribution >= 4 is 5.97 Å². The van der Waals surface area contributed by atoms with Gasteiger partial charge in [-0.25, -0.2) is 4.79 Å². The molecule has 1 aromatic heterocycles. The number of aromatic nitrogens is 1. The zero-order valence-electron chi connectivity index (χ0n) is 10.3. The van der Waals surface area contributed by atoms with Crippen LogP contribution in [0, 0.1) is 5.92 Å². The Hall–Kier alpha value is -1.53. The Morgan fingerprint density at radius 2 is 2.06 bits per heavy atom. The number of hydrogen-bond acceptors (Lipinski definition) is 4. The number of esters is 1. The minimum Gasteiger partial charge on any atom is -0.462 e. The van der Waals surface area contributed by atoms with Gasteiger partial charge in [0, 0.05) is 0 Å². The molecule has 0 unspecified atom stereocenters. The first-order valence-corrected chi connectivity index (χ1v) is 5.50. The van der Waals surface area contributed by atoms with Gasteiger partial charge in [-0.3, -0.25) is 0 Å². The van der Waals surface area contributed by atoms with Gasteiger partial charge in [0.1, 0.15) is 5.56 Å². The Kier molecular flexibility index (Phi) is 4.37. The molecular weight excluding hydrogens is 251 g/mol. The van der Waals surface area contributed by atoms with Gasteiger partial charge >= 0.3 is 12.1 Å². The van der Waals surface area contributed by atoms with E-state index in [4.69, 9.17) is 0 Å². The minimum atomic E-state index is -4.76. The lowest BCUT2D eigenvalue weighted by Crippen LogP contribution is -2.15. The van der Waals surface area contributed by atoms with Gasteiger partial charge < -0.3 is 9.26 Å². The molecule has 1 heterocycles. The van der Waals surface area contributed by atoms with Crippen molar-refractivity contribution in [1.29, 1.82) is 0 Å². The van der Waals surface area contributed by atoms with Crippen molar-refractivity contribution in [2.45, 2.75) is 33.4 Å². The van der Waals surface area contributed by atoms with Crippen molar-refractivity contribution in [1.82, 2.24) is 5.16 Å². The van der Waals surface area contributed by atoms with E-state index in [0.29, 0.717) is 0 Å². The highest BCUT2D eigenvalue weighted by atomic mass is 19.4. The highest BCUT2D eigenvalue weighted by molar-refractivity contribution is 5.91. The van der Waals surface area contributed by atoms with Crippen molar-refractivity contribution in [3.8, 4) is 0 Å². The maximum absolute atomic E-state index is 12.7. The monoisotopic (exact) mass is 265 g/mol. The van der Waals surface area contributed by atoms with Crippen LogP contribution in [0.1, 0.15) is 42.6 Å². The molecule has 1 rings (SSSR count). The summed E-state index contributed by atoms with van der Waals surface area (Å²) in [5.41, 5.74) is -0.631. The lowest BCUT2D eigenvalue weighted by Gasteiger charge is -2.07. The Morgan fingerprint density at radius 3 is 2.50 bits per heavy atom. The number of carbonyl (C=O) groups excluding carboxylic acids is 1. The van der Waals surface area contributed by atoms with Crippen LogP contribution in [0.15, 0.2) is 4.52 Å². The summed E-state index contributed by atoms with van der Waals surface area (Å²) >= 11 is 0. The molecule has 0 spiro atoms. The normalized spacial score (nSPS) is 11.9. The van der Waals surface area contributed by atoms with Crippen molar-refractivity contribution < 1.29 is 27.2 Å². The predicted molar refractivity (Wildman–Crippen MR) is 56.0 cm³/mol. The van der Waals surface area contributed by atoms with Gasteiger partial charge in [0.2, 0.25) is 0 Å². The molecule has 4 nitrogen and oxygen atoms in total. The Balaban J connectivity index is 3.21. The smallest absolute Gasteiger partial charge is 0.453 e. The number of ether oxygens (including phenoxy) is 1. The van der Waals surface area contributed by atoms with E-state index in [1.54, 1.807) is 13.8 Å². The molecule has 0 saturated heterocycles. The van der Waals surface area contributed by atoms with Gasteiger partial charge in [-0.1, -0.05) is 19.0 Å². The summed E-state index contributed by atoms with van der Waals surface area (Å²) in [6, 6.07) is 0. The fourth-order valence-electron chi connectivity index (χ4n) is 1.46. The Bertz CT molecular complexity index is 424. The molecule has 0 aromatic carbocycles. The number of carbonyl (C=O) groups is 1. The number of alkyl halides is 3. The van der Waals surface area contributed by atoms with Crippen LogP contribution in [0.3, 0.4) is 0 Å². The first-order valence-electron chi connectivity index (χ1n) is 5.50. The van der Waals surface area contributed by atoms with Crippen molar-refractivity contribution in [3.05, 3.63) is 17.0 Å². The third-order valence-electron chi connectivity index (χ3n) is 2.10. The molecular formula is C11H14F3NO3. The summed E-state index contributed by atoms with van der Waals surface area (Å²) in [4.78, 5) is 11.6. The maximum Gasteiger partial charge on any atom is 0.453 e. The minimum absolute atomic E-state index is 0.0115. The number of halogens is 3. The largest absolute Gasteiger partial charge is 0.462 e. The zero-order valence-corrected chi connectivity index (χ0v) is 10.3. The second-order valence-corrected chi connectivity index (χ2v) is 4.15. The average Bonchev–Trinajstić information content (AvgIpc) is 2.60. The van der Waals surface area contributed by atoms with Gasteiger partial charge in [0.25, 0.3) is 5.76 Å². The molecule has 18 heavy (non-hydrogen) atoms. The molecule has 0 amide bonds. The molecule has 0 aliphatic heterocycles. The van der Waals surface area contributed by atoms with E-state index in [2.05, 4.69) is 14.4 Å². The summed E-state index contributed by atoms with van der Waals surface area (Å²) in [6.07, 6.45) is -4.54. The highest BCUT2D eigenvalue weighted by Crippen LogP contribution is 2.34. The van der Waals surface area contributed by atoms with Gasteiger partial charge in [-0.2, -0.15) is 13.2 Å². The third-order valence-corrected chi connectivity index (χ3v) is 2.10. The van der Waals surface area contributed by atoms with Crippen LogP contribution in [0.25, 0.3) is 0 Å². The zero-order chi connectivity index (χ0) is 13.9. The molecule has 0 bridgehead atoms. The van der Waals surface area contributed by atoms with E-state index >= 15 is 0 Å². The van der Waals surface area contributed by atoms with Crippen molar-refractivity contribution in [3.63, 3.8) is 0 Å². The lowest BCUT2D eigenvalue weighted by molar-refractivity contribution is -0.156. The number of hydrogen-bond donors (Lipinski definition) is 0. The topological polar surface area (TPSA) is 52.3 Å². The Labute approximate surface area is 102 Å². The van der Waals surface area contributed by atoms with Gasteiger partial charge in [-0.15, -0.1) is 0 Å². The van der Waals surface area contributed by atoms with Crippen LogP contribution in [-0.4, -0.2) is 17.7 Å². The van der Waals surface area contributed by atoms with Gasteiger partial charge in [0.15, 0.2) is 0 Å². The fraction of sp³-hybridized carbons (Fsp3) is 0.636. The first kappa shape index (κ1) is 14.5. The molecule has 0 radical (unpaired) electrons. The molecule has 0 aliphatic rings. The van der Waals surface area contributed by atoms with Crippen LogP contribution in [0.2, 0.25) is 0 Å². The SMILES string of the molecule is CCOC(=O)c1c(CC(C)C)noc1C(F)(F)F. The van der Waals surface area contributed by atoms with E-state index in [1.165, 1.54) is 6.92 Å². The van der Waals surface area contributed by atoms with Crippen molar-refractivity contribution in [2.24, 2.45) is 5.92 Å². The summed E-state index contributed by atoms with van der Waals surface area (Å²) in [5, 5.41) is 3.33. The second kappa shape index (κ2) is 5.41. The average molecular weight is 265 g/mol. The van der Waals surface area contributed by atoms with Crippen LogP contribution in [-0.2, 0) is 17.3 Å². The van der Waals surface area contributed by atoms with Gasteiger partial charge in [0.05, 0.1) is 12.3 Å². The number of rotatable bonds is 4. The van der Waals surface area contributed by atoms with Crippen molar-refractivity contribution in [2.75, 3.05) is 6.61 Å². The lowest BCUT2D eigenvalue weighted by atomic mass is 10.0. The molecule has 0 atom stereocenters. The summed E-state index contributed by atoms with van der Waals surface area (Å²) in [6.45, 7) is 5.11. The molecule has 7 heteroatoms. The quantitative estimate of drug-likeness (QED) is 0.785. The fourth-order valence-corrected chi connectivity index (χ4v) is 1.46. The van der Waals surface area contributed by atoms with Gasteiger partial charge in [-0.05, 0) is 19.3 Å². The molecule has 1 aromatic rings. The van der Waals surface area contributed by atoms with Crippen LogP contribution in [0.4, 0.5) is 13.2 Å². The maximum atomic E-state index is 12.7. The standard InChI is InChI=1S/C11H14F3NO3/c1-4-17-10(16)8-7(5-6(2)3)15-18-9(8)11(12,13)14/h6H,4-5H2,1-3H3. The van der Waals surface area contributed by atoms with Crippen LogP contribution >= 0.6 is 0 Å². The summed E-state index contributed by atoms with van der Waals surface area (Å²) in [5.74, 6) is -2.40. The number of nitrogens with zero attached hydrogens (tertiary/aromatic N) is 1. The molecule has 0 N–H and O–H groups in total. The Morgan fingerprint density at radius 1 is 1.44 bits per heavy atom. The van der Waals surface area contributed by atoms with E-state index in [9.17, 15) is 18.0 Å². The molecule has 102 valence electrons. The third kappa shape index (κ3) is 3.24. The predicted octanol–water partition coefficient (Wildman–Crippen LogP) is 3.07. The summed E-state index contributed by atoms with van der Waals surface area (Å²) in [7, 11) is 0.